The third-order valence-electron chi connectivity index (χ3n) is 4.18. The van der Waals surface area contributed by atoms with Crippen LogP contribution >= 0.6 is 0 Å². The van der Waals surface area contributed by atoms with E-state index in [9.17, 15) is 0 Å². The Labute approximate surface area is 140 Å². The van der Waals surface area contributed by atoms with Crippen molar-refractivity contribution in [2.45, 2.75) is 51.7 Å². The van der Waals surface area contributed by atoms with Crippen LogP contribution in [0.2, 0.25) is 0 Å². The maximum Gasteiger partial charge on any atom is 0.0622 e. The Bertz CT molecular complexity index is 545. The molecule has 0 aliphatic heterocycles. The predicted molar refractivity (Wildman–Crippen MR) is 95.7 cm³/mol. The molecule has 0 aliphatic rings. The van der Waals surface area contributed by atoms with E-state index in [4.69, 9.17) is 5.26 Å². The lowest BCUT2D eigenvalue weighted by Gasteiger charge is -2.31. The molecule has 0 bridgehead atoms. The van der Waals surface area contributed by atoms with Gasteiger partial charge in [0.25, 0.3) is 0 Å². The summed E-state index contributed by atoms with van der Waals surface area (Å²) in [7, 11) is 0. The van der Waals surface area contributed by atoms with Crippen molar-refractivity contribution < 1.29 is 0 Å². The van der Waals surface area contributed by atoms with Crippen molar-refractivity contribution >= 4 is 0 Å². The second-order valence-electron chi connectivity index (χ2n) is 6.02. The van der Waals surface area contributed by atoms with E-state index in [0.717, 1.165) is 32.4 Å². The summed E-state index contributed by atoms with van der Waals surface area (Å²) in [4.78, 5) is 2.53. The number of hydrogen-bond donors (Lipinski definition) is 0. The zero-order valence-electron chi connectivity index (χ0n) is 14.0. The van der Waals surface area contributed by atoms with E-state index >= 15 is 0 Å². The van der Waals surface area contributed by atoms with Crippen LogP contribution in [0.3, 0.4) is 0 Å². The predicted octanol–water partition coefficient (Wildman–Crippen LogP) is 5.16. The lowest BCUT2D eigenvalue weighted by Crippen LogP contribution is -2.34. The van der Waals surface area contributed by atoms with Gasteiger partial charge in [0.05, 0.1) is 6.07 Å². The van der Waals surface area contributed by atoms with E-state index in [0.29, 0.717) is 12.5 Å². The molecule has 0 radical (unpaired) electrons. The fraction of sp³-hybridized carbons (Fsp3) is 0.381. The zero-order chi connectivity index (χ0) is 16.3. The molecule has 0 aromatic heterocycles. The zero-order valence-corrected chi connectivity index (χ0v) is 14.0. The molecule has 2 aromatic carbocycles. The van der Waals surface area contributed by atoms with Crippen LogP contribution in [-0.4, -0.2) is 10.9 Å². The van der Waals surface area contributed by atoms with Crippen molar-refractivity contribution in [1.82, 2.24) is 4.90 Å². The van der Waals surface area contributed by atoms with Gasteiger partial charge in [0.2, 0.25) is 0 Å². The summed E-state index contributed by atoms with van der Waals surface area (Å²) in [6.45, 7) is 4.10. The smallest absolute Gasteiger partial charge is 0.0622 e. The minimum absolute atomic E-state index is 0.458. The van der Waals surface area contributed by atoms with Crippen LogP contribution in [0.5, 0.6) is 0 Å². The summed E-state index contributed by atoms with van der Waals surface area (Å²) in [6.07, 6.45) is 3.87. The highest BCUT2D eigenvalue weighted by Gasteiger charge is 2.18. The Hall–Kier alpha value is -2.11. The SMILES string of the molecule is CCC[C@H](CCC#N)N(Cc1ccccc1)Cc1ccccc1. The van der Waals surface area contributed by atoms with Crippen LogP contribution < -0.4 is 0 Å². The highest BCUT2D eigenvalue weighted by molar-refractivity contribution is 5.17. The van der Waals surface area contributed by atoms with Crippen molar-refractivity contribution in [3.05, 3.63) is 71.8 Å². The summed E-state index contributed by atoms with van der Waals surface area (Å²) in [5.41, 5.74) is 2.67. The summed E-state index contributed by atoms with van der Waals surface area (Å²) < 4.78 is 0. The van der Waals surface area contributed by atoms with Crippen LogP contribution in [0.15, 0.2) is 60.7 Å². The second-order valence-corrected chi connectivity index (χ2v) is 6.02. The quantitative estimate of drug-likeness (QED) is 0.639. The van der Waals surface area contributed by atoms with Gasteiger partial charge in [-0.1, -0.05) is 74.0 Å². The molecule has 0 saturated carbocycles. The van der Waals surface area contributed by atoms with Gasteiger partial charge in [-0.2, -0.15) is 5.26 Å². The molecule has 2 aromatic rings. The minimum Gasteiger partial charge on any atom is -0.292 e. The van der Waals surface area contributed by atoms with E-state index in [1.54, 1.807) is 0 Å². The van der Waals surface area contributed by atoms with Crippen LogP contribution in [0.4, 0.5) is 0 Å². The van der Waals surface area contributed by atoms with E-state index < -0.39 is 0 Å². The molecule has 0 saturated heterocycles. The number of benzene rings is 2. The molecule has 0 spiro atoms. The van der Waals surface area contributed by atoms with Crippen molar-refractivity contribution in [2.75, 3.05) is 0 Å². The summed E-state index contributed by atoms with van der Waals surface area (Å²) in [6, 6.07) is 24.0. The number of rotatable bonds is 9. The molecule has 2 nitrogen and oxygen atoms in total. The first-order chi connectivity index (χ1) is 11.3. The van der Waals surface area contributed by atoms with Gasteiger partial charge in [-0.15, -0.1) is 0 Å². The van der Waals surface area contributed by atoms with Gasteiger partial charge in [0.15, 0.2) is 0 Å². The van der Waals surface area contributed by atoms with Crippen LogP contribution in [0, 0.1) is 11.3 Å². The average Bonchev–Trinajstić information content (AvgIpc) is 2.60. The fourth-order valence-electron chi connectivity index (χ4n) is 3.02. The molecule has 0 aliphatic carbocycles. The molecule has 0 N–H and O–H groups in total. The molecule has 0 unspecified atom stereocenters. The first kappa shape index (κ1) is 17.2. The Morgan fingerprint density at radius 3 is 1.83 bits per heavy atom. The Balaban J connectivity index is 2.16. The fourth-order valence-corrected chi connectivity index (χ4v) is 3.02. The number of nitriles is 1. The van der Waals surface area contributed by atoms with Crippen molar-refractivity contribution in [2.24, 2.45) is 0 Å². The molecule has 120 valence electrons. The Kier molecular flexibility index (Phi) is 7.36. The minimum atomic E-state index is 0.458. The van der Waals surface area contributed by atoms with Gasteiger partial charge in [0, 0.05) is 25.6 Å². The molecule has 0 fully saturated rings. The highest BCUT2D eigenvalue weighted by Crippen LogP contribution is 2.19. The van der Waals surface area contributed by atoms with Gasteiger partial charge >= 0.3 is 0 Å². The summed E-state index contributed by atoms with van der Waals surface area (Å²) in [5.74, 6) is 0. The second kappa shape index (κ2) is 9.82. The lowest BCUT2D eigenvalue weighted by atomic mass is 10.0. The Morgan fingerprint density at radius 2 is 1.39 bits per heavy atom. The molecule has 1 atom stereocenters. The van der Waals surface area contributed by atoms with E-state index in [-0.39, 0.29) is 0 Å². The van der Waals surface area contributed by atoms with Gasteiger partial charge in [-0.05, 0) is 24.0 Å². The molecular weight excluding hydrogens is 280 g/mol. The van der Waals surface area contributed by atoms with Crippen LogP contribution in [0.25, 0.3) is 0 Å². The third kappa shape index (κ3) is 5.88. The summed E-state index contributed by atoms with van der Waals surface area (Å²) in [5, 5.41) is 8.98. The van der Waals surface area contributed by atoms with E-state index in [1.807, 2.05) is 0 Å². The molecule has 0 amide bonds. The van der Waals surface area contributed by atoms with Crippen LogP contribution in [-0.2, 0) is 13.1 Å². The lowest BCUT2D eigenvalue weighted by molar-refractivity contribution is 0.160. The number of hydrogen-bond acceptors (Lipinski definition) is 2. The van der Waals surface area contributed by atoms with Crippen molar-refractivity contribution in [3.8, 4) is 6.07 Å². The van der Waals surface area contributed by atoms with Gasteiger partial charge in [0.1, 0.15) is 0 Å². The maximum absolute atomic E-state index is 8.98. The first-order valence-corrected chi connectivity index (χ1v) is 8.52. The average molecular weight is 306 g/mol. The monoisotopic (exact) mass is 306 g/mol. The van der Waals surface area contributed by atoms with E-state index in [2.05, 4.69) is 78.6 Å². The standard InChI is InChI=1S/C21H26N2/c1-2-10-21(15-9-16-22)23(17-19-11-5-3-6-12-19)18-20-13-7-4-8-14-20/h3-8,11-14,21H,2,9-10,15,17-18H2,1H3/t21-/m1/s1. The molecular formula is C21H26N2. The van der Waals surface area contributed by atoms with Crippen LogP contribution in [0.1, 0.15) is 43.7 Å². The summed E-state index contributed by atoms with van der Waals surface area (Å²) >= 11 is 0. The number of nitrogens with zero attached hydrogens (tertiary/aromatic N) is 2. The largest absolute Gasteiger partial charge is 0.292 e. The van der Waals surface area contributed by atoms with Gasteiger partial charge < -0.3 is 0 Å². The van der Waals surface area contributed by atoms with Crippen molar-refractivity contribution in [1.29, 1.82) is 5.26 Å². The Morgan fingerprint density at radius 1 is 0.870 bits per heavy atom. The van der Waals surface area contributed by atoms with Gasteiger partial charge in [-0.3, -0.25) is 4.90 Å². The van der Waals surface area contributed by atoms with Gasteiger partial charge in [-0.25, -0.2) is 0 Å². The topological polar surface area (TPSA) is 27.0 Å². The van der Waals surface area contributed by atoms with E-state index in [1.165, 1.54) is 11.1 Å². The first-order valence-electron chi connectivity index (χ1n) is 8.52. The van der Waals surface area contributed by atoms with Crippen molar-refractivity contribution in [3.63, 3.8) is 0 Å². The maximum atomic E-state index is 8.98. The normalized spacial score (nSPS) is 12.0. The molecule has 23 heavy (non-hydrogen) atoms. The third-order valence-corrected chi connectivity index (χ3v) is 4.18. The molecule has 0 heterocycles. The highest BCUT2D eigenvalue weighted by atomic mass is 15.1. The molecule has 2 heteroatoms. The molecule has 2 rings (SSSR count).